The first-order valence-electron chi connectivity index (χ1n) is 14.4. The van der Waals surface area contributed by atoms with Crippen molar-refractivity contribution in [2.45, 2.75) is 78.3 Å². The minimum absolute atomic E-state index is 0.0791. The monoisotopic (exact) mass is 649 g/mol. The Hall–Kier alpha value is -4.33. The van der Waals surface area contributed by atoms with Gasteiger partial charge in [0.25, 0.3) is 5.56 Å². The number of nitrogens with zero attached hydrogens (tertiary/aromatic N) is 3. The highest BCUT2D eigenvalue weighted by atomic mass is 19.4. The number of carbonyl (C=O) groups excluding carboxylic acids is 3. The van der Waals surface area contributed by atoms with E-state index in [0.717, 1.165) is 16.8 Å². The van der Waals surface area contributed by atoms with Crippen molar-refractivity contribution in [3.05, 3.63) is 63.9 Å². The van der Waals surface area contributed by atoms with E-state index in [1.54, 1.807) is 53.7 Å². The molecule has 0 fully saturated rings. The van der Waals surface area contributed by atoms with Crippen LogP contribution in [0.5, 0.6) is 5.75 Å². The van der Waals surface area contributed by atoms with Gasteiger partial charge in [0.15, 0.2) is 11.2 Å². The minimum Gasteiger partial charge on any atom is -0.491 e. The molecule has 0 atom stereocenters. The maximum atomic E-state index is 13.9. The highest BCUT2D eigenvalue weighted by molar-refractivity contribution is 6.07. The number of ketones is 1. The number of rotatable bonds is 12. The Labute approximate surface area is 264 Å². The molecule has 1 aromatic heterocycles. The first kappa shape index (κ1) is 36.1. The molecule has 46 heavy (non-hydrogen) atoms. The van der Waals surface area contributed by atoms with E-state index >= 15 is 0 Å². The second-order valence-corrected chi connectivity index (χ2v) is 12.6. The van der Waals surface area contributed by atoms with Gasteiger partial charge in [-0.2, -0.15) is 13.2 Å². The zero-order chi connectivity index (χ0) is 34.5. The fraction of sp³-hybridized carbons (Fsp3) is 0.500. The van der Waals surface area contributed by atoms with Gasteiger partial charge < -0.3 is 18.9 Å². The molecule has 0 aliphatic rings. The third-order valence-corrected chi connectivity index (χ3v) is 6.57. The molecule has 0 amide bonds. The Morgan fingerprint density at radius 2 is 1.43 bits per heavy atom. The number of hydrogen-bond donors (Lipinski definition) is 0. The van der Waals surface area contributed by atoms with Crippen molar-refractivity contribution < 1.29 is 46.5 Å². The van der Waals surface area contributed by atoms with E-state index in [1.165, 1.54) is 19.2 Å². The first-order valence-corrected chi connectivity index (χ1v) is 14.4. The van der Waals surface area contributed by atoms with Gasteiger partial charge in [-0.15, -0.1) is 5.10 Å². The Balaban J connectivity index is 2.07. The van der Waals surface area contributed by atoms with E-state index in [9.17, 15) is 32.3 Å². The number of aryl methyl sites for hydroxylation is 1. The molecule has 0 saturated carbocycles. The van der Waals surface area contributed by atoms with E-state index in [4.69, 9.17) is 18.9 Å². The smallest absolute Gasteiger partial charge is 0.416 e. The molecule has 0 bridgehead atoms. The summed E-state index contributed by atoms with van der Waals surface area (Å²) in [4.78, 5) is 54.7. The van der Waals surface area contributed by atoms with Gasteiger partial charge in [0, 0.05) is 25.6 Å². The summed E-state index contributed by atoms with van der Waals surface area (Å²) in [5.41, 5.74) is -6.40. The molecular weight excluding hydrogens is 611 g/mol. The van der Waals surface area contributed by atoms with Gasteiger partial charge in [0.2, 0.25) is 0 Å². The Bertz CT molecular complexity index is 1590. The molecule has 0 unspecified atom stereocenters. The molecule has 0 aliphatic heterocycles. The van der Waals surface area contributed by atoms with Crippen LogP contribution in [0.1, 0.15) is 70.3 Å². The molecule has 0 spiro atoms. The molecule has 3 rings (SSSR count). The lowest BCUT2D eigenvalue weighted by atomic mass is 9.78. The van der Waals surface area contributed by atoms with Gasteiger partial charge >= 0.3 is 18.1 Å². The van der Waals surface area contributed by atoms with Crippen LogP contribution in [-0.2, 0) is 36.5 Å². The van der Waals surface area contributed by atoms with Crippen LogP contribution in [0.25, 0.3) is 10.9 Å². The van der Waals surface area contributed by atoms with Crippen LogP contribution in [0.15, 0.2) is 47.3 Å². The van der Waals surface area contributed by atoms with Crippen LogP contribution in [0, 0.1) is 5.41 Å². The van der Waals surface area contributed by atoms with Gasteiger partial charge in [-0.1, -0.05) is 5.21 Å². The zero-order valence-electron chi connectivity index (χ0n) is 26.8. The molecule has 0 radical (unpaired) electrons. The van der Waals surface area contributed by atoms with Gasteiger partial charge in [0.05, 0.1) is 17.6 Å². The predicted octanol–water partition coefficient (Wildman–Crippen LogP) is 5.17. The van der Waals surface area contributed by atoms with Crippen LogP contribution >= 0.6 is 0 Å². The summed E-state index contributed by atoms with van der Waals surface area (Å²) in [5, 5.41) is 7.29. The molecule has 2 aromatic carbocycles. The van der Waals surface area contributed by atoms with Gasteiger partial charge in [-0.05, 0) is 90.4 Å². The van der Waals surface area contributed by atoms with Crippen LogP contribution in [0.4, 0.5) is 13.2 Å². The lowest BCUT2D eigenvalue weighted by molar-refractivity contribution is -0.186. The second kappa shape index (κ2) is 14.0. The molecule has 0 saturated heterocycles. The highest BCUT2D eigenvalue weighted by Crippen LogP contribution is 2.36. The fourth-order valence-corrected chi connectivity index (χ4v) is 4.32. The van der Waals surface area contributed by atoms with Gasteiger partial charge in [-0.3, -0.25) is 19.2 Å². The van der Waals surface area contributed by atoms with Crippen LogP contribution in [0.2, 0.25) is 0 Å². The maximum absolute atomic E-state index is 13.9. The third-order valence-electron chi connectivity index (χ3n) is 6.57. The van der Waals surface area contributed by atoms with Crippen LogP contribution < -0.4 is 10.3 Å². The van der Waals surface area contributed by atoms with E-state index in [2.05, 4.69) is 10.3 Å². The van der Waals surface area contributed by atoms with E-state index < -0.39 is 71.0 Å². The normalized spacial score (nSPS) is 12.6. The summed E-state index contributed by atoms with van der Waals surface area (Å²) < 4.78 is 62.6. The Morgan fingerprint density at radius 1 is 0.848 bits per heavy atom. The number of Topliss-reactive ketones (excluding diaryl/α,β-unsaturated/α-hetero) is 1. The van der Waals surface area contributed by atoms with Gasteiger partial charge in [0.1, 0.15) is 29.1 Å². The summed E-state index contributed by atoms with van der Waals surface area (Å²) in [5.74, 6) is -2.32. The summed E-state index contributed by atoms with van der Waals surface area (Å²) >= 11 is 0. The molecule has 11 nitrogen and oxygen atoms in total. The van der Waals surface area contributed by atoms with Crippen molar-refractivity contribution >= 4 is 28.6 Å². The first-order chi connectivity index (χ1) is 21.3. The van der Waals surface area contributed by atoms with E-state index in [0.29, 0.717) is 18.4 Å². The van der Waals surface area contributed by atoms with Crippen LogP contribution in [-0.4, -0.2) is 64.2 Å². The van der Waals surface area contributed by atoms with E-state index in [1.807, 2.05) is 0 Å². The predicted molar refractivity (Wildman–Crippen MR) is 160 cm³/mol. The summed E-state index contributed by atoms with van der Waals surface area (Å²) in [6.45, 7) is 9.59. The number of aromatic nitrogens is 3. The highest BCUT2D eigenvalue weighted by Gasteiger charge is 2.52. The zero-order valence-corrected chi connectivity index (χ0v) is 26.8. The average Bonchev–Trinajstić information content (AvgIpc) is 2.94. The number of alkyl halides is 3. The molecule has 1 heterocycles. The van der Waals surface area contributed by atoms with Crippen molar-refractivity contribution in [1.29, 1.82) is 0 Å². The fourth-order valence-electron chi connectivity index (χ4n) is 4.32. The van der Waals surface area contributed by atoms with Crippen molar-refractivity contribution in [3.63, 3.8) is 0 Å². The minimum atomic E-state index is -4.72. The third kappa shape index (κ3) is 9.35. The SMILES string of the molecule is COCCOc1ccc(C(=O)CC(CCn2nnc3ccc(C(F)(F)F)cc3c2=O)(C(=O)OC(C)(C)C)C(=O)OC(C)(C)C)cc1. The Kier molecular flexibility index (Phi) is 11.0. The largest absolute Gasteiger partial charge is 0.491 e. The maximum Gasteiger partial charge on any atom is 0.416 e. The number of fused-ring (bicyclic) bond motifs is 1. The number of methoxy groups -OCH3 is 1. The molecule has 0 aliphatic carbocycles. The standard InChI is InChI=1S/C32H38F3N3O8/c1-29(2,3)45-27(41)31(28(42)46-30(4,5)6,19-25(39)20-8-11-22(12-9-20)44-17-16-43-7)14-15-38-26(40)23-18-21(32(33,34)35)10-13-24(23)36-37-38/h8-13,18H,14-17,19H2,1-7H3. The van der Waals surface area contributed by atoms with Crippen LogP contribution in [0.3, 0.4) is 0 Å². The number of carbonyl (C=O) groups is 3. The van der Waals surface area contributed by atoms with Crippen molar-refractivity contribution in [1.82, 2.24) is 15.0 Å². The lowest BCUT2D eigenvalue weighted by Gasteiger charge is -2.34. The lowest BCUT2D eigenvalue weighted by Crippen LogP contribution is -2.49. The molecular formula is C32H38F3N3O8. The topological polar surface area (TPSA) is 136 Å². The number of esters is 2. The summed E-state index contributed by atoms with van der Waals surface area (Å²) in [6, 6.07) is 8.49. The average molecular weight is 650 g/mol. The molecule has 3 aromatic rings. The number of benzene rings is 2. The van der Waals surface area contributed by atoms with Crippen molar-refractivity contribution in [2.24, 2.45) is 5.41 Å². The van der Waals surface area contributed by atoms with Crippen molar-refractivity contribution in [2.75, 3.05) is 20.3 Å². The molecule has 0 N–H and O–H groups in total. The number of ether oxygens (including phenoxy) is 4. The molecule has 14 heteroatoms. The summed E-state index contributed by atoms with van der Waals surface area (Å²) in [6.07, 6.45) is -5.96. The van der Waals surface area contributed by atoms with E-state index in [-0.39, 0.29) is 23.1 Å². The summed E-state index contributed by atoms with van der Waals surface area (Å²) in [7, 11) is 1.53. The molecule has 250 valence electrons. The van der Waals surface area contributed by atoms with Gasteiger partial charge in [-0.25, -0.2) is 4.68 Å². The second-order valence-electron chi connectivity index (χ2n) is 12.6. The van der Waals surface area contributed by atoms with Crippen molar-refractivity contribution in [3.8, 4) is 5.75 Å². The quantitative estimate of drug-likeness (QED) is 0.112. The number of halogens is 3. The Morgan fingerprint density at radius 3 is 1.96 bits per heavy atom. The number of hydrogen-bond acceptors (Lipinski definition) is 10.